The number of hydrogen-bond donors (Lipinski definition) is 2. The summed E-state index contributed by atoms with van der Waals surface area (Å²) >= 11 is 0. The van der Waals surface area contributed by atoms with Crippen LogP contribution in [0.25, 0.3) is 5.82 Å². The van der Waals surface area contributed by atoms with Crippen molar-refractivity contribution in [2.45, 2.75) is 25.1 Å². The number of aliphatic hydroxyl groups excluding tert-OH is 1. The van der Waals surface area contributed by atoms with Gasteiger partial charge in [0.1, 0.15) is 18.0 Å². The van der Waals surface area contributed by atoms with Gasteiger partial charge in [0.05, 0.1) is 18.3 Å². The summed E-state index contributed by atoms with van der Waals surface area (Å²) < 4.78 is 1.73. The predicted octanol–water partition coefficient (Wildman–Crippen LogP) is 1.17. The highest BCUT2D eigenvalue weighted by molar-refractivity contribution is 5.50. The van der Waals surface area contributed by atoms with E-state index in [1.807, 2.05) is 50.6 Å². The van der Waals surface area contributed by atoms with E-state index in [1.54, 1.807) is 17.2 Å². The van der Waals surface area contributed by atoms with E-state index in [9.17, 15) is 5.11 Å². The fourth-order valence-corrected chi connectivity index (χ4v) is 3.65. The molecule has 4 rings (SSSR count). The zero-order chi connectivity index (χ0) is 20.2. The third-order valence-corrected chi connectivity index (χ3v) is 4.90. The van der Waals surface area contributed by atoms with E-state index in [2.05, 4.69) is 35.2 Å². The molecule has 1 fully saturated rings. The van der Waals surface area contributed by atoms with Gasteiger partial charge in [0, 0.05) is 37.6 Å². The molecule has 3 aromatic rings. The molecule has 4 heterocycles. The van der Waals surface area contributed by atoms with Crippen LogP contribution in [0.4, 0.5) is 11.6 Å². The Morgan fingerprint density at radius 2 is 2.10 bits per heavy atom. The lowest BCUT2D eigenvalue weighted by Gasteiger charge is -2.27. The van der Waals surface area contributed by atoms with Gasteiger partial charge < -0.3 is 20.2 Å². The SMILES string of the molecule is CN(C)C[C@H]1C[C@@H](O)CN1c1cc(NCc2cccc(-n3cccn3)n2)ncn1. The minimum atomic E-state index is -0.333. The number of nitrogens with one attached hydrogen (secondary N) is 1. The Hall–Kier alpha value is -3.04. The smallest absolute Gasteiger partial charge is 0.153 e. The Morgan fingerprint density at radius 1 is 1.21 bits per heavy atom. The van der Waals surface area contributed by atoms with Crippen LogP contribution in [0.1, 0.15) is 12.1 Å². The maximum Gasteiger partial charge on any atom is 0.153 e. The van der Waals surface area contributed by atoms with Gasteiger partial charge in [-0.05, 0) is 38.7 Å². The summed E-state index contributed by atoms with van der Waals surface area (Å²) in [5.74, 6) is 2.32. The lowest BCUT2D eigenvalue weighted by atomic mass is 10.2. The Bertz CT molecular complexity index is 930. The van der Waals surface area contributed by atoms with Gasteiger partial charge in [-0.2, -0.15) is 5.10 Å². The molecule has 1 aliphatic heterocycles. The number of anilines is 2. The number of β-amino-alcohol motifs (C(OH)–C–C–N with tert-alkyl or cyclic N) is 1. The monoisotopic (exact) mass is 394 g/mol. The average molecular weight is 394 g/mol. The first-order valence-electron chi connectivity index (χ1n) is 9.70. The second-order valence-corrected chi connectivity index (χ2v) is 7.51. The van der Waals surface area contributed by atoms with Crippen molar-refractivity contribution in [1.82, 2.24) is 29.6 Å². The molecule has 152 valence electrons. The van der Waals surface area contributed by atoms with Crippen LogP contribution in [-0.2, 0) is 6.54 Å². The number of rotatable bonds is 7. The number of pyridine rings is 1. The molecule has 0 aromatic carbocycles. The van der Waals surface area contributed by atoms with Crippen molar-refractivity contribution in [3.8, 4) is 5.82 Å². The Kier molecular flexibility index (Phi) is 5.68. The third-order valence-electron chi connectivity index (χ3n) is 4.90. The minimum Gasteiger partial charge on any atom is -0.391 e. The van der Waals surface area contributed by atoms with Gasteiger partial charge in [0.15, 0.2) is 5.82 Å². The van der Waals surface area contributed by atoms with Crippen LogP contribution in [0.2, 0.25) is 0 Å². The van der Waals surface area contributed by atoms with Gasteiger partial charge in [-0.1, -0.05) is 6.07 Å². The van der Waals surface area contributed by atoms with E-state index in [0.717, 1.165) is 36.1 Å². The molecule has 9 heteroatoms. The van der Waals surface area contributed by atoms with Gasteiger partial charge >= 0.3 is 0 Å². The summed E-state index contributed by atoms with van der Waals surface area (Å²) in [6.45, 7) is 1.99. The molecule has 3 aromatic heterocycles. The lowest BCUT2D eigenvalue weighted by Crippen LogP contribution is -2.38. The molecule has 1 aliphatic rings. The standard InChI is InChI=1S/C20H26N8O/c1-26(2)12-16-9-17(29)13-27(16)20-10-18(22-14-23-20)21-11-15-5-3-6-19(25-15)28-8-4-7-24-28/h3-8,10,14,16-17,29H,9,11-13H2,1-2H3,(H,21,22,23)/t16-,17-/m1/s1. The maximum absolute atomic E-state index is 10.1. The van der Waals surface area contributed by atoms with Gasteiger partial charge in [0.2, 0.25) is 0 Å². The number of aliphatic hydroxyl groups is 1. The highest BCUT2D eigenvalue weighted by atomic mass is 16.3. The van der Waals surface area contributed by atoms with Crippen molar-refractivity contribution in [2.75, 3.05) is 37.4 Å². The quantitative estimate of drug-likeness (QED) is 0.617. The first-order valence-corrected chi connectivity index (χ1v) is 9.70. The molecule has 0 bridgehead atoms. The Morgan fingerprint density at radius 3 is 2.90 bits per heavy atom. The van der Waals surface area contributed by atoms with Crippen LogP contribution in [0.5, 0.6) is 0 Å². The van der Waals surface area contributed by atoms with Crippen molar-refractivity contribution >= 4 is 11.6 Å². The van der Waals surface area contributed by atoms with Crippen LogP contribution in [0.15, 0.2) is 49.1 Å². The van der Waals surface area contributed by atoms with Gasteiger partial charge in [-0.15, -0.1) is 0 Å². The summed E-state index contributed by atoms with van der Waals surface area (Å²) in [5, 5.41) is 17.7. The van der Waals surface area contributed by atoms with Crippen LogP contribution < -0.4 is 10.2 Å². The summed E-state index contributed by atoms with van der Waals surface area (Å²) in [6, 6.07) is 9.88. The lowest BCUT2D eigenvalue weighted by molar-refractivity contribution is 0.191. The van der Waals surface area contributed by atoms with Gasteiger partial charge in [-0.3, -0.25) is 0 Å². The normalized spacial score (nSPS) is 19.1. The number of aromatic nitrogens is 5. The zero-order valence-corrected chi connectivity index (χ0v) is 16.7. The molecule has 0 saturated carbocycles. The summed E-state index contributed by atoms with van der Waals surface area (Å²) in [5.41, 5.74) is 0.889. The molecule has 2 atom stereocenters. The molecule has 0 aliphatic carbocycles. The molecule has 0 radical (unpaired) electrons. The van der Waals surface area contributed by atoms with E-state index < -0.39 is 0 Å². The summed E-state index contributed by atoms with van der Waals surface area (Å²) in [4.78, 5) is 17.7. The van der Waals surface area contributed by atoms with Crippen LogP contribution in [0.3, 0.4) is 0 Å². The largest absolute Gasteiger partial charge is 0.391 e. The van der Waals surface area contributed by atoms with Crippen molar-refractivity contribution < 1.29 is 5.11 Å². The number of likely N-dealkylation sites (N-methyl/N-ethyl adjacent to an activating group) is 1. The van der Waals surface area contributed by atoms with E-state index in [4.69, 9.17) is 0 Å². The molecule has 9 nitrogen and oxygen atoms in total. The molecular formula is C20H26N8O. The molecule has 29 heavy (non-hydrogen) atoms. The van der Waals surface area contributed by atoms with Gasteiger partial charge in [0.25, 0.3) is 0 Å². The van der Waals surface area contributed by atoms with Crippen LogP contribution >= 0.6 is 0 Å². The molecule has 0 amide bonds. The molecule has 0 spiro atoms. The average Bonchev–Trinajstić information content (AvgIpc) is 3.36. The van der Waals surface area contributed by atoms with E-state index in [-0.39, 0.29) is 12.1 Å². The highest BCUT2D eigenvalue weighted by Gasteiger charge is 2.32. The number of nitrogens with zero attached hydrogens (tertiary/aromatic N) is 7. The Balaban J connectivity index is 1.45. The van der Waals surface area contributed by atoms with Crippen molar-refractivity contribution in [3.05, 3.63) is 54.7 Å². The first kappa shape index (κ1) is 19.3. The first-order chi connectivity index (χ1) is 14.1. The van der Waals surface area contributed by atoms with Crippen LogP contribution in [0, 0.1) is 0 Å². The van der Waals surface area contributed by atoms with E-state index in [1.165, 1.54) is 0 Å². The van der Waals surface area contributed by atoms with Gasteiger partial charge in [-0.25, -0.2) is 19.6 Å². The van der Waals surface area contributed by atoms with E-state index >= 15 is 0 Å². The molecular weight excluding hydrogens is 368 g/mol. The second-order valence-electron chi connectivity index (χ2n) is 7.51. The van der Waals surface area contributed by atoms with Crippen molar-refractivity contribution in [3.63, 3.8) is 0 Å². The Labute approximate surface area is 170 Å². The topological polar surface area (TPSA) is 95.2 Å². The second kappa shape index (κ2) is 8.54. The molecule has 0 unspecified atom stereocenters. The predicted molar refractivity (Wildman–Crippen MR) is 111 cm³/mol. The third kappa shape index (κ3) is 4.69. The zero-order valence-electron chi connectivity index (χ0n) is 16.7. The molecule has 1 saturated heterocycles. The number of hydrogen-bond acceptors (Lipinski definition) is 8. The minimum absolute atomic E-state index is 0.232. The van der Waals surface area contributed by atoms with Crippen LogP contribution in [-0.4, -0.2) is 74.1 Å². The van der Waals surface area contributed by atoms with Crippen molar-refractivity contribution in [1.29, 1.82) is 0 Å². The fraction of sp³-hybridized carbons (Fsp3) is 0.400. The fourth-order valence-electron chi connectivity index (χ4n) is 3.65. The maximum atomic E-state index is 10.1. The summed E-state index contributed by atoms with van der Waals surface area (Å²) in [7, 11) is 4.08. The van der Waals surface area contributed by atoms with Crippen molar-refractivity contribution in [2.24, 2.45) is 0 Å². The summed E-state index contributed by atoms with van der Waals surface area (Å²) in [6.07, 6.45) is 5.57. The molecule has 2 N–H and O–H groups in total. The van der Waals surface area contributed by atoms with E-state index in [0.29, 0.717) is 13.1 Å². The highest BCUT2D eigenvalue weighted by Crippen LogP contribution is 2.25.